The van der Waals surface area contributed by atoms with Crippen LogP contribution in [-0.2, 0) is 0 Å². The minimum absolute atomic E-state index is 0.456. The average molecular weight is 350 g/mol. The van der Waals surface area contributed by atoms with Crippen molar-refractivity contribution in [3.05, 3.63) is 0 Å². The van der Waals surface area contributed by atoms with Crippen LogP contribution in [0.15, 0.2) is 0 Å². The number of quaternary nitrogens is 2. The van der Waals surface area contributed by atoms with Gasteiger partial charge in [-0.15, -0.1) is 0 Å². The van der Waals surface area contributed by atoms with Crippen molar-refractivity contribution in [2.24, 2.45) is 11.7 Å². The van der Waals surface area contributed by atoms with E-state index in [4.69, 9.17) is 5.73 Å². The van der Waals surface area contributed by atoms with E-state index in [9.17, 15) is 0 Å². The van der Waals surface area contributed by atoms with E-state index >= 15 is 0 Å². The normalized spacial score (nSPS) is 48.6. The monoisotopic (exact) mass is 349 g/mol. The molecule has 4 aliphatic heterocycles. The molecule has 7 atom stereocenters. The predicted octanol–water partition coefficient (Wildman–Crippen LogP) is -1.40. The molecule has 5 N–H and O–H groups in total. The topological polar surface area (TPSA) is 53.5 Å². The maximum Gasteiger partial charge on any atom is 0.156 e. The zero-order valence-electron chi connectivity index (χ0n) is 15.9. The first-order chi connectivity index (χ1) is 12.3. The third kappa shape index (κ3) is 3.27. The van der Waals surface area contributed by atoms with Crippen LogP contribution in [-0.4, -0.2) is 79.4 Å². The first-order valence-corrected chi connectivity index (χ1v) is 11.2. The Morgan fingerprint density at radius 1 is 1.00 bits per heavy atom. The van der Waals surface area contributed by atoms with Crippen LogP contribution in [0.4, 0.5) is 0 Å². The Morgan fingerprint density at radius 3 is 2.88 bits per heavy atom. The molecule has 1 saturated carbocycles. The zero-order chi connectivity index (χ0) is 16.8. The molecule has 0 aromatic rings. The van der Waals surface area contributed by atoms with Gasteiger partial charge < -0.3 is 16.0 Å². The smallest absolute Gasteiger partial charge is 0.156 e. The summed E-state index contributed by atoms with van der Waals surface area (Å²) in [4.78, 5) is 7.62. The number of nitrogens with two attached hydrogens (primary N) is 2. The van der Waals surface area contributed by atoms with Crippen LogP contribution < -0.4 is 16.0 Å². The van der Waals surface area contributed by atoms with Gasteiger partial charge in [0.25, 0.3) is 0 Å². The minimum atomic E-state index is 0.456. The lowest BCUT2D eigenvalue weighted by Crippen LogP contribution is -3.18. The van der Waals surface area contributed by atoms with Crippen molar-refractivity contribution < 1.29 is 10.2 Å². The summed E-state index contributed by atoms with van der Waals surface area (Å²) < 4.78 is 0. The molecule has 25 heavy (non-hydrogen) atoms. The second-order valence-corrected chi connectivity index (χ2v) is 9.72. The first-order valence-electron chi connectivity index (χ1n) is 11.2. The molecule has 0 bridgehead atoms. The van der Waals surface area contributed by atoms with Gasteiger partial charge in [-0.2, -0.15) is 0 Å². The van der Waals surface area contributed by atoms with Gasteiger partial charge in [0, 0.05) is 38.0 Å². The Hall–Kier alpha value is -0.200. The van der Waals surface area contributed by atoms with Crippen LogP contribution in [0.1, 0.15) is 51.4 Å². The highest BCUT2D eigenvalue weighted by molar-refractivity contribution is 4.95. The number of rotatable bonds is 2. The van der Waals surface area contributed by atoms with Crippen molar-refractivity contribution in [3.63, 3.8) is 0 Å². The maximum atomic E-state index is 6.24. The molecule has 0 radical (unpaired) electrons. The van der Waals surface area contributed by atoms with E-state index in [0.29, 0.717) is 12.2 Å². The fraction of sp³-hybridized carbons (Fsp3) is 1.00. The van der Waals surface area contributed by atoms with E-state index in [2.05, 4.69) is 15.1 Å². The second-order valence-electron chi connectivity index (χ2n) is 9.72. The molecule has 0 aromatic carbocycles. The third-order valence-corrected chi connectivity index (χ3v) is 8.27. The standard InChI is InChI=1S/C20H37N5/c21-16-6-7-19-17(12-16)22-20-14-23(10-11-25(19)20)13-15-4-3-9-24-8-2-1-5-18(15)24/h15-20,22H,1-14,21H2/p+2. The summed E-state index contributed by atoms with van der Waals surface area (Å²) in [6.07, 6.45) is 11.9. The van der Waals surface area contributed by atoms with Gasteiger partial charge in [-0.1, -0.05) is 0 Å². The quantitative estimate of drug-likeness (QED) is 0.575. The molecule has 4 heterocycles. The SMILES string of the molecule is NC1CCC2C(C1)[NH2+]C1CN(CC3CCC[NH+]4CCCCC34)CCN12. The van der Waals surface area contributed by atoms with Crippen molar-refractivity contribution in [2.45, 2.75) is 81.7 Å². The molecule has 4 saturated heterocycles. The Balaban J connectivity index is 1.20. The van der Waals surface area contributed by atoms with Crippen LogP contribution in [0, 0.1) is 5.92 Å². The van der Waals surface area contributed by atoms with Crippen LogP contribution in [0.5, 0.6) is 0 Å². The summed E-state index contributed by atoms with van der Waals surface area (Å²) >= 11 is 0. The molecule has 0 spiro atoms. The largest absolute Gasteiger partial charge is 0.332 e. The summed E-state index contributed by atoms with van der Waals surface area (Å²) in [7, 11) is 0. The zero-order valence-corrected chi connectivity index (χ0v) is 15.9. The van der Waals surface area contributed by atoms with E-state index in [-0.39, 0.29) is 0 Å². The first kappa shape index (κ1) is 16.9. The minimum Gasteiger partial charge on any atom is -0.332 e. The van der Waals surface area contributed by atoms with Gasteiger partial charge >= 0.3 is 0 Å². The lowest BCUT2D eigenvalue weighted by atomic mass is 9.83. The van der Waals surface area contributed by atoms with Crippen LogP contribution >= 0.6 is 0 Å². The summed E-state index contributed by atoms with van der Waals surface area (Å²) in [6.45, 7) is 8.18. The number of nitrogens with one attached hydrogen (secondary N) is 1. The van der Waals surface area contributed by atoms with Crippen LogP contribution in [0.25, 0.3) is 0 Å². The van der Waals surface area contributed by atoms with Gasteiger partial charge in [-0.3, -0.25) is 4.90 Å². The lowest BCUT2D eigenvalue weighted by Gasteiger charge is -2.44. The van der Waals surface area contributed by atoms with Gasteiger partial charge in [0.15, 0.2) is 6.17 Å². The van der Waals surface area contributed by atoms with E-state index < -0.39 is 0 Å². The highest BCUT2D eigenvalue weighted by atomic mass is 15.4. The molecule has 142 valence electrons. The molecule has 5 rings (SSSR count). The number of hydrogen-bond donors (Lipinski definition) is 3. The van der Waals surface area contributed by atoms with E-state index in [0.717, 1.165) is 24.0 Å². The molecule has 0 aromatic heterocycles. The molecule has 5 nitrogen and oxygen atoms in total. The number of hydrogen-bond acceptors (Lipinski definition) is 3. The predicted molar refractivity (Wildman–Crippen MR) is 99.3 cm³/mol. The van der Waals surface area contributed by atoms with Gasteiger partial charge in [0.2, 0.25) is 0 Å². The van der Waals surface area contributed by atoms with Gasteiger partial charge in [0.05, 0.1) is 31.7 Å². The molecular formula is C20H39N5+2. The highest BCUT2D eigenvalue weighted by Crippen LogP contribution is 2.28. The summed E-state index contributed by atoms with van der Waals surface area (Å²) in [5, 5.41) is 2.69. The molecule has 1 aliphatic carbocycles. The fourth-order valence-electron chi connectivity index (χ4n) is 7.09. The van der Waals surface area contributed by atoms with Gasteiger partial charge in [0.1, 0.15) is 6.04 Å². The Morgan fingerprint density at radius 2 is 1.92 bits per heavy atom. The Bertz CT molecular complexity index is 469. The van der Waals surface area contributed by atoms with Gasteiger partial charge in [-0.25, -0.2) is 4.90 Å². The Kier molecular flexibility index (Phi) is 4.80. The van der Waals surface area contributed by atoms with Crippen molar-refractivity contribution in [2.75, 3.05) is 39.3 Å². The number of fused-ring (bicyclic) bond motifs is 4. The van der Waals surface area contributed by atoms with E-state index in [1.54, 1.807) is 0 Å². The van der Waals surface area contributed by atoms with Crippen molar-refractivity contribution in [1.82, 2.24) is 9.80 Å². The van der Waals surface area contributed by atoms with Crippen LogP contribution in [0.2, 0.25) is 0 Å². The molecule has 7 unspecified atom stereocenters. The van der Waals surface area contributed by atoms with E-state index in [1.807, 2.05) is 4.90 Å². The maximum absolute atomic E-state index is 6.24. The molecule has 5 aliphatic rings. The summed E-state index contributed by atoms with van der Waals surface area (Å²) in [6, 6.07) is 3.03. The second kappa shape index (κ2) is 7.08. The van der Waals surface area contributed by atoms with Crippen molar-refractivity contribution >= 4 is 0 Å². The third-order valence-electron chi connectivity index (χ3n) is 8.27. The molecule has 0 amide bonds. The molecule has 5 heteroatoms. The van der Waals surface area contributed by atoms with Crippen molar-refractivity contribution in [1.29, 1.82) is 0 Å². The highest BCUT2D eigenvalue weighted by Gasteiger charge is 2.49. The number of piperidine rings is 2. The summed E-state index contributed by atoms with van der Waals surface area (Å²) in [5.41, 5.74) is 6.24. The lowest BCUT2D eigenvalue weighted by molar-refractivity contribution is -0.940. The number of nitrogens with zero attached hydrogens (tertiary/aromatic N) is 2. The average Bonchev–Trinajstić information content (AvgIpc) is 2.98. The van der Waals surface area contributed by atoms with Crippen LogP contribution in [0.3, 0.4) is 0 Å². The van der Waals surface area contributed by atoms with E-state index in [1.165, 1.54) is 90.6 Å². The fourth-order valence-corrected chi connectivity index (χ4v) is 7.09. The van der Waals surface area contributed by atoms with Crippen molar-refractivity contribution in [3.8, 4) is 0 Å². The molecular weight excluding hydrogens is 310 g/mol. The van der Waals surface area contributed by atoms with Gasteiger partial charge in [-0.05, 0) is 44.9 Å². The Labute approximate surface area is 153 Å². The summed E-state index contributed by atoms with van der Waals surface area (Å²) in [5.74, 6) is 0.965. The molecule has 5 fully saturated rings. The number of piperazine rings is 1.